The average Bonchev–Trinajstić information content (AvgIpc) is 2.22. The smallest absolute Gasteiger partial charge is 0.353 e. The van der Waals surface area contributed by atoms with Gasteiger partial charge in [0.2, 0.25) is 0 Å². The van der Waals surface area contributed by atoms with Crippen LogP contribution in [0.5, 0.6) is 0 Å². The van der Waals surface area contributed by atoms with Gasteiger partial charge in [-0.2, -0.15) is 52.7 Å². The summed E-state index contributed by atoms with van der Waals surface area (Å²) < 4.78 is 159. The van der Waals surface area contributed by atoms with E-state index in [1.165, 1.54) is 0 Å². The molecule has 0 spiro atoms. The van der Waals surface area contributed by atoms with Crippen LogP contribution in [0.4, 0.5) is 52.7 Å². The van der Waals surface area contributed by atoms with Crippen molar-refractivity contribution in [3.05, 3.63) is 0 Å². The molecule has 1 fully saturated rings. The summed E-state index contributed by atoms with van der Waals surface area (Å²) in [5.41, 5.74) is -13.3. The number of hydrogen-bond donors (Lipinski definition) is 0. The Balaban J connectivity index is 3.92. The fourth-order valence-electron chi connectivity index (χ4n) is 2.04. The SMILES string of the molecule is FC(F)(F)C1(C(F)(F)F)OCCOC1(C(F)(F)F)C(F)(F)F. The van der Waals surface area contributed by atoms with Gasteiger partial charge in [-0.15, -0.1) is 0 Å². The third kappa shape index (κ3) is 2.21. The summed E-state index contributed by atoms with van der Waals surface area (Å²) >= 11 is 0. The number of alkyl halides is 12. The molecule has 14 heteroatoms. The fraction of sp³-hybridized carbons (Fsp3) is 1.00. The summed E-state index contributed by atoms with van der Waals surface area (Å²) in [6, 6.07) is 0. The molecule has 0 amide bonds. The first-order chi connectivity index (χ1) is 9.46. The molecule has 132 valence electrons. The first-order valence-corrected chi connectivity index (χ1v) is 5.00. The van der Waals surface area contributed by atoms with E-state index in [1.807, 2.05) is 0 Å². The van der Waals surface area contributed by atoms with E-state index in [0.29, 0.717) is 0 Å². The topological polar surface area (TPSA) is 18.5 Å². The molecule has 0 bridgehead atoms. The van der Waals surface area contributed by atoms with E-state index in [2.05, 4.69) is 9.47 Å². The normalized spacial score (nSPS) is 23.5. The van der Waals surface area contributed by atoms with Crippen LogP contribution < -0.4 is 0 Å². The highest BCUT2D eigenvalue weighted by Crippen LogP contribution is 2.64. The molecule has 0 aromatic carbocycles. The summed E-state index contributed by atoms with van der Waals surface area (Å²) in [5.74, 6) is 0. The quantitative estimate of drug-likeness (QED) is 0.613. The maximum atomic E-state index is 12.7. The Hall–Kier alpha value is -0.920. The summed E-state index contributed by atoms with van der Waals surface area (Å²) in [6.07, 6.45) is -28.5. The maximum absolute atomic E-state index is 12.7. The highest BCUT2D eigenvalue weighted by atomic mass is 19.4. The molecular formula is C8H4F12O2. The second-order valence-corrected chi connectivity index (χ2v) is 4.05. The molecule has 1 heterocycles. The molecule has 1 rings (SSSR count). The largest absolute Gasteiger partial charge is 0.430 e. The predicted octanol–water partition coefficient (Wildman–Crippen LogP) is 3.76. The molecule has 0 radical (unpaired) electrons. The molecule has 0 aromatic rings. The van der Waals surface area contributed by atoms with Crippen LogP contribution in [0.25, 0.3) is 0 Å². The van der Waals surface area contributed by atoms with Crippen LogP contribution in [0.2, 0.25) is 0 Å². The predicted molar refractivity (Wildman–Crippen MR) is 41.6 cm³/mol. The molecule has 1 aliphatic heterocycles. The van der Waals surface area contributed by atoms with Crippen LogP contribution in [0.15, 0.2) is 0 Å². The van der Waals surface area contributed by atoms with Crippen LogP contribution in [-0.2, 0) is 9.47 Å². The highest BCUT2D eigenvalue weighted by Gasteiger charge is 2.96. The minimum absolute atomic E-state index is 1.77. The van der Waals surface area contributed by atoms with Crippen molar-refractivity contribution < 1.29 is 62.2 Å². The van der Waals surface area contributed by atoms with Crippen molar-refractivity contribution in [1.29, 1.82) is 0 Å². The van der Waals surface area contributed by atoms with Gasteiger partial charge in [-0.05, 0) is 0 Å². The molecule has 0 aromatic heterocycles. The molecule has 1 saturated heterocycles. The summed E-state index contributed by atoms with van der Waals surface area (Å²) in [6.45, 7) is -3.54. The van der Waals surface area contributed by atoms with Gasteiger partial charge < -0.3 is 9.47 Å². The van der Waals surface area contributed by atoms with Crippen molar-refractivity contribution in [2.24, 2.45) is 0 Å². The second kappa shape index (κ2) is 4.79. The van der Waals surface area contributed by atoms with E-state index >= 15 is 0 Å². The zero-order valence-corrected chi connectivity index (χ0v) is 9.77. The highest BCUT2D eigenvalue weighted by molar-refractivity contribution is 5.20. The van der Waals surface area contributed by atoms with Gasteiger partial charge in [-0.1, -0.05) is 0 Å². The number of halogens is 12. The lowest BCUT2D eigenvalue weighted by Gasteiger charge is -2.52. The Labute approximate surface area is 113 Å². The van der Waals surface area contributed by atoms with Gasteiger partial charge in [0.15, 0.2) is 0 Å². The van der Waals surface area contributed by atoms with Gasteiger partial charge in [-0.25, -0.2) is 0 Å². The van der Waals surface area contributed by atoms with Crippen LogP contribution in [-0.4, -0.2) is 49.1 Å². The lowest BCUT2D eigenvalue weighted by molar-refractivity contribution is -0.525. The Morgan fingerprint density at radius 3 is 0.773 bits per heavy atom. The van der Waals surface area contributed by atoms with Crippen LogP contribution in [0.1, 0.15) is 0 Å². The van der Waals surface area contributed by atoms with Gasteiger partial charge in [0.1, 0.15) is 0 Å². The van der Waals surface area contributed by atoms with Crippen LogP contribution >= 0.6 is 0 Å². The van der Waals surface area contributed by atoms with Crippen molar-refractivity contribution in [3.63, 3.8) is 0 Å². The molecule has 1 aliphatic rings. The Morgan fingerprint density at radius 1 is 0.455 bits per heavy atom. The zero-order valence-electron chi connectivity index (χ0n) is 9.77. The molecule has 0 aliphatic carbocycles. The van der Waals surface area contributed by atoms with Gasteiger partial charge in [-0.3, -0.25) is 0 Å². The third-order valence-corrected chi connectivity index (χ3v) is 2.81. The average molecular weight is 360 g/mol. The number of hydrogen-bond acceptors (Lipinski definition) is 2. The summed E-state index contributed by atoms with van der Waals surface area (Å²) in [4.78, 5) is 0. The van der Waals surface area contributed by atoms with Gasteiger partial charge >= 0.3 is 35.9 Å². The Kier molecular flexibility index (Phi) is 4.16. The van der Waals surface area contributed by atoms with Crippen molar-refractivity contribution in [1.82, 2.24) is 0 Å². The minimum atomic E-state index is -7.11. The Morgan fingerprint density at radius 2 is 0.636 bits per heavy atom. The van der Waals surface area contributed by atoms with E-state index in [4.69, 9.17) is 0 Å². The Bertz CT molecular complexity index is 345. The van der Waals surface area contributed by atoms with Gasteiger partial charge in [0.25, 0.3) is 0 Å². The van der Waals surface area contributed by atoms with E-state index in [-0.39, 0.29) is 0 Å². The van der Waals surface area contributed by atoms with E-state index in [0.717, 1.165) is 0 Å². The first kappa shape index (κ1) is 19.1. The molecule has 2 nitrogen and oxygen atoms in total. The minimum Gasteiger partial charge on any atom is -0.353 e. The van der Waals surface area contributed by atoms with Crippen molar-refractivity contribution >= 4 is 0 Å². The van der Waals surface area contributed by atoms with Crippen molar-refractivity contribution in [2.75, 3.05) is 13.2 Å². The zero-order chi connectivity index (χ0) is 17.8. The molecule has 0 N–H and O–H groups in total. The second-order valence-electron chi connectivity index (χ2n) is 4.05. The summed E-state index contributed by atoms with van der Waals surface area (Å²) in [7, 11) is 0. The van der Waals surface area contributed by atoms with Crippen molar-refractivity contribution in [3.8, 4) is 0 Å². The van der Waals surface area contributed by atoms with E-state index in [1.54, 1.807) is 0 Å². The number of ether oxygens (including phenoxy) is 2. The first-order valence-electron chi connectivity index (χ1n) is 5.00. The van der Waals surface area contributed by atoms with E-state index < -0.39 is 49.1 Å². The van der Waals surface area contributed by atoms with Crippen LogP contribution in [0, 0.1) is 0 Å². The standard InChI is InChI=1S/C8H4F12O2/c9-5(10,11)3(6(12,13)14)4(7(15,16)17,8(18,19)20)22-2-1-21-3/h1-2H2. The molecule has 0 saturated carbocycles. The van der Waals surface area contributed by atoms with Crippen LogP contribution in [0.3, 0.4) is 0 Å². The van der Waals surface area contributed by atoms with Gasteiger partial charge in [0.05, 0.1) is 13.2 Å². The molecule has 0 unspecified atom stereocenters. The molecule has 22 heavy (non-hydrogen) atoms. The van der Waals surface area contributed by atoms with Crippen molar-refractivity contribution in [2.45, 2.75) is 35.9 Å². The van der Waals surface area contributed by atoms with Gasteiger partial charge in [0, 0.05) is 0 Å². The lowest BCUT2D eigenvalue weighted by atomic mass is 9.78. The lowest BCUT2D eigenvalue weighted by Crippen LogP contribution is -2.84. The number of rotatable bonds is 0. The molecule has 0 atom stereocenters. The maximum Gasteiger partial charge on any atom is 0.430 e. The third-order valence-electron chi connectivity index (χ3n) is 2.81. The fourth-order valence-corrected chi connectivity index (χ4v) is 2.04. The monoisotopic (exact) mass is 360 g/mol. The molecular weight excluding hydrogens is 356 g/mol. The van der Waals surface area contributed by atoms with E-state index in [9.17, 15) is 52.7 Å². The summed E-state index contributed by atoms with van der Waals surface area (Å²) in [5, 5.41) is 0.